The van der Waals surface area contributed by atoms with E-state index in [4.69, 9.17) is 9.84 Å². The molecule has 7 heteroatoms. The van der Waals surface area contributed by atoms with Crippen molar-refractivity contribution in [3.8, 4) is 0 Å². The Hall–Kier alpha value is -1.44. The quantitative estimate of drug-likeness (QED) is 0.895. The number of hydrogen-bond donors (Lipinski definition) is 1. The molecule has 0 spiro atoms. The van der Waals surface area contributed by atoms with E-state index in [9.17, 15) is 13.2 Å². The van der Waals surface area contributed by atoms with Gasteiger partial charge in [0.15, 0.2) is 6.10 Å². The monoisotopic (exact) mass is 353 g/mol. The Morgan fingerprint density at radius 2 is 1.75 bits per heavy atom. The second kappa shape index (κ2) is 6.82. The molecule has 2 aliphatic heterocycles. The summed E-state index contributed by atoms with van der Waals surface area (Å²) >= 11 is 0. The molecule has 2 atom stereocenters. The zero-order chi connectivity index (χ0) is 17.3. The molecule has 6 nitrogen and oxygen atoms in total. The SMILES string of the molecule is Cc1ccc(S(=O)(=O)N2CCC([C@@H]3CC[C@H](C(=O)O)O3)CC2)cc1. The number of aliphatic carboxylic acids is 1. The van der Waals surface area contributed by atoms with Gasteiger partial charge in [-0.25, -0.2) is 13.2 Å². The summed E-state index contributed by atoms with van der Waals surface area (Å²) in [7, 11) is -3.45. The Labute approximate surface area is 142 Å². The van der Waals surface area contributed by atoms with Crippen molar-refractivity contribution in [2.45, 2.75) is 49.7 Å². The Morgan fingerprint density at radius 1 is 1.12 bits per heavy atom. The van der Waals surface area contributed by atoms with Gasteiger partial charge in [0.2, 0.25) is 10.0 Å². The third kappa shape index (κ3) is 3.48. The van der Waals surface area contributed by atoms with Gasteiger partial charge in [-0.1, -0.05) is 17.7 Å². The van der Waals surface area contributed by atoms with Gasteiger partial charge in [-0.2, -0.15) is 4.31 Å². The van der Waals surface area contributed by atoms with Crippen LogP contribution in [0.15, 0.2) is 29.2 Å². The van der Waals surface area contributed by atoms with Crippen molar-refractivity contribution in [1.29, 1.82) is 0 Å². The average Bonchev–Trinajstić information content (AvgIpc) is 3.06. The average molecular weight is 353 g/mol. The summed E-state index contributed by atoms with van der Waals surface area (Å²) in [6.07, 6.45) is 1.94. The Balaban J connectivity index is 1.61. The maximum absolute atomic E-state index is 12.7. The first-order chi connectivity index (χ1) is 11.4. The summed E-state index contributed by atoms with van der Waals surface area (Å²) in [5, 5.41) is 9.01. The van der Waals surface area contributed by atoms with Gasteiger partial charge in [-0.05, 0) is 50.7 Å². The molecule has 2 heterocycles. The van der Waals surface area contributed by atoms with Crippen LogP contribution in [-0.4, -0.2) is 49.1 Å². The molecule has 0 radical (unpaired) electrons. The van der Waals surface area contributed by atoms with Gasteiger partial charge in [0, 0.05) is 13.1 Å². The second-order valence-electron chi connectivity index (χ2n) is 6.63. The summed E-state index contributed by atoms with van der Waals surface area (Å²) in [5.41, 5.74) is 1.03. The number of hydrogen-bond acceptors (Lipinski definition) is 4. The van der Waals surface area contributed by atoms with Crippen LogP contribution < -0.4 is 0 Å². The number of sulfonamides is 1. The molecule has 0 aliphatic carbocycles. The maximum Gasteiger partial charge on any atom is 0.332 e. The molecule has 0 bridgehead atoms. The van der Waals surface area contributed by atoms with Crippen molar-refractivity contribution >= 4 is 16.0 Å². The smallest absolute Gasteiger partial charge is 0.332 e. The Bertz CT molecular complexity index is 692. The number of nitrogens with zero attached hydrogens (tertiary/aromatic N) is 1. The van der Waals surface area contributed by atoms with E-state index in [1.54, 1.807) is 24.3 Å². The Kier molecular flexibility index (Phi) is 4.94. The van der Waals surface area contributed by atoms with Crippen molar-refractivity contribution < 1.29 is 23.1 Å². The molecule has 24 heavy (non-hydrogen) atoms. The lowest BCUT2D eigenvalue weighted by molar-refractivity contribution is -0.150. The fraction of sp³-hybridized carbons (Fsp3) is 0.588. The standard InChI is InChI=1S/C17H23NO5S/c1-12-2-4-14(5-3-12)24(21,22)18-10-8-13(9-11-18)15-6-7-16(23-15)17(19)20/h2-5,13,15-16H,6-11H2,1H3,(H,19,20)/t15-,16+/m0/s1. The maximum atomic E-state index is 12.7. The number of aryl methyl sites for hydroxylation is 1. The summed E-state index contributed by atoms with van der Waals surface area (Å²) < 4.78 is 32.5. The van der Waals surface area contributed by atoms with Gasteiger partial charge in [0.05, 0.1) is 11.0 Å². The van der Waals surface area contributed by atoms with Gasteiger partial charge in [0.1, 0.15) is 0 Å². The molecule has 132 valence electrons. The minimum Gasteiger partial charge on any atom is -0.479 e. The summed E-state index contributed by atoms with van der Waals surface area (Å²) in [6.45, 7) is 2.84. The molecule has 2 fully saturated rings. The molecule has 0 amide bonds. The number of rotatable bonds is 4. The highest BCUT2D eigenvalue weighted by atomic mass is 32.2. The van der Waals surface area contributed by atoms with E-state index in [1.807, 2.05) is 6.92 Å². The van der Waals surface area contributed by atoms with Gasteiger partial charge in [-0.3, -0.25) is 0 Å². The molecule has 1 N–H and O–H groups in total. The molecular formula is C17H23NO5S. The van der Waals surface area contributed by atoms with Gasteiger partial charge < -0.3 is 9.84 Å². The van der Waals surface area contributed by atoms with E-state index >= 15 is 0 Å². The number of benzene rings is 1. The third-order valence-corrected chi connectivity index (χ3v) is 6.92. The number of ether oxygens (including phenoxy) is 1. The zero-order valence-corrected chi connectivity index (χ0v) is 14.5. The van der Waals surface area contributed by atoms with Crippen LogP contribution in [0.25, 0.3) is 0 Å². The molecule has 2 saturated heterocycles. The summed E-state index contributed by atoms with van der Waals surface area (Å²) in [6, 6.07) is 6.90. The van der Waals surface area contributed by atoms with Gasteiger partial charge in [0.25, 0.3) is 0 Å². The van der Waals surface area contributed by atoms with E-state index in [-0.39, 0.29) is 12.0 Å². The van der Waals surface area contributed by atoms with Crippen LogP contribution in [0.4, 0.5) is 0 Å². The lowest BCUT2D eigenvalue weighted by Crippen LogP contribution is -2.41. The molecule has 2 aliphatic rings. The third-order valence-electron chi connectivity index (χ3n) is 5.01. The first-order valence-electron chi connectivity index (χ1n) is 8.33. The number of carbonyl (C=O) groups is 1. The Morgan fingerprint density at radius 3 is 2.29 bits per heavy atom. The summed E-state index contributed by atoms with van der Waals surface area (Å²) in [5.74, 6) is -0.671. The van der Waals surface area contributed by atoms with E-state index in [2.05, 4.69) is 0 Å². The highest BCUT2D eigenvalue weighted by Crippen LogP contribution is 2.33. The van der Waals surface area contributed by atoms with Crippen molar-refractivity contribution in [1.82, 2.24) is 4.31 Å². The van der Waals surface area contributed by atoms with Crippen LogP contribution in [0.1, 0.15) is 31.2 Å². The number of carboxylic acids is 1. The van der Waals surface area contributed by atoms with Gasteiger partial charge >= 0.3 is 5.97 Å². The van der Waals surface area contributed by atoms with E-state index in [0.717, 1.165) is 12.0 Å². The topological polar surface area (TPSA) is 83.9 Å². The number of carboxylic acid groups (broad SMARTS) is 1. The van der Waals surface area contributed by atoms with Gasteiger partial charge in [-0.15, -0.1) is 0 Å². The van der Waals surface area contributed by atoms with Crippen LogP contribution in [0.5, 0.6) is 0 Å². The number of piperidine rings is 1. The fourth-order valence-electron chi connectivity index (χ4n) is 3.54. The molecule has 1 aromatic carbocycles. The lowest BCUT2D eigenvalue weighted by atomic mass is 9.90. The zero-order valence-electron chi connectivity index (χ0n) is 13.7. The lowest BCUT2D eigenvalue weighted by Gasteiger charge is -2.33. The predicted octanol–water partition coefficient (Wildman–Crippen LogP) is 2.03. The predicted molar refractivity (Wildman–Crippen MR) is 88.2 cm³/mol. The highest BCUT2D eigenvalue weighted by molar-refractivity contribution is 7.89. The second-order valence-corrected chi connectivity index (χ2v) is 8.57. The van der Waals surface area contributed by atoms with Crippen molar-refractivity contribution in [3.63, 3.8) is 0 Å². The molecule has 1 aromatic rings. The van der Waals surface area contributed by atoms with Crippen LogP contribution in [0.3, 0.4) is 0 Å². The van der Waals surface area contributed by atoms with Crippen molar-refractivity contribution in [3.05, 3.63) is 29.8 Å². The van der Waals surface area contributed by atoms with Crippen LogP contribution >= 0.6 is 0 Å². The minimum atomic E-state index is -3.45. The van der Waals surface area contributed by atoms with Crippen LogP contribution in [-0.2, 0) is 19.6 Å². The van der Waals surface area contributed by atoms with Crippen molar-refractivity contribution in [2.75, 3.05) is 13.1 Å². The minimum absolute atomic E-state index is 0.0599. The highest BCUT2D eigenvalue weighted by Gasteiger charge is 2.38. The van der Waals surface area contributed by atoms with Crippen LogP contribution in [0, 0.1) is 12.8 Å². The normalized spacial score (nSPS) is 26.5. The van der Waals surface area contributed by atoms with E-state index in [1.165, 1.54) is 4.31 Å². The molecule has 0 unspecified atom stereocenters. The van der Waals surface area contributed by atoms with E-state index < -0.39 is 22.1 Å². The largest absolute Gasteiger partial charge is 0.479 e. The first-order valence-corrected chi connectivity index (χ1v) is 9.77. The molecule has 0 aromatic heterocycles. The van der Waals surface area contributed by atoms with Crippen LogP contribution in [0.2, 0.25) is 0 Å². The fourth-order valence-corrected chi connectivity index (χ4v) is 5.01. The van der Waals surface area contributed by atoms with Crippen molar-refractivity contribution in [2.24, 2.45) is 5.92 Å². The molecule has 0 saturated carbocycles. The first kappa shape index (κ1) is 17.4. The molecular weight excluding hydrogens is 330 g/mol. The van der Waals surface area contributed by atoms with E-state index in [0.29, 0.717) is 37.2 Å². The summed E-state index contributed by atoms with van der Waals surface area (Å²) in [4.78, 5) is 11.3. The molecule has 3 rings (SSSR count).